The number of para-hydroxylation sites is 1. The van der Waals surface area contributed by atoms with Crippen LogP contribution in [-0.4, -0.2) is 4.57 Å². The van der Waals surface area contributed by atoms with Gasteiger partial charge < -0.3 is 9.47 Å². The van der Waals surface area contributed by atoms with E-state index in [9.17, 15) is 0 Å². The van der Waals surface area contributed by atoms with Gasteiger partial charge in [0.05, 0.1) is 16.4 Å². The molecule has 2 nitrogen and oxygen atoms in total. The number of benzene rings is 11. The van der Waals surface area contributed by atoms with Crippen LogP contribution in [0.1, 0.15) is 22.3 Å². The number of rotatable bonds is 7. The second kappa shape index (κ2) is 15.3. The lowest BCUT2D eigenvalue weighted by Gasteiger charge is -2.35. The van der Waals surface area contributed by atoms with Crippen molar-refractivity contribution in [2.75, 3.05) is 4.90 Å². The van der Waals surface area contributed by atoms with Gasteiger partial charge in [-0.05, 0) is 111 Å². The SMILES string of the molecule is c1ccc(-c2ccc(N(c3ccc(-n4c5ccccc5c5ccc6ccc7c8ccccc8sc7c6c54)cc3)c3ccc4c(c3)C(c3ccccc3)(c3ccccc3)c3ccccc3-4)cc2)cc1. The van der Waals surface area contributed by atoms with Gasteiger partial charge in [0.1, 0.15) is 0 Å². The third kappa shape index (κ3) is 5.70. The summed E-state index contributed by atoms with van der Waals surface area (Å²) in [6, 6.07) is 94.2. The molecule has 13 aromatic rings. The molecule has 2 aromatic heterocycles. The molecule has 0 aliphatic heterocycles. The van der Waals surface area contributed by atoms with Crippen molar-refractivity contribution in [2.45, 2.75) is 5.41 Å². The van der Waals surface area contributed by atoms with E-state index in [2.05, 4.69) is 264 Å². The number of fused-ring (bicyclic) bond motifs is 12. The van der Waals surface area contributed by atoms with Crippen LogP contribution in [0.4, 0.5) is 17.1 Å². The Kier molecular flexibility index (Phi) is 8.71. The fourth-order valence-corrected chi connectivity index (χ4v) is 12.8. The average Bonchev–Trinajstić information content (AvgIpc) is 4.06. The highest BCUT2D eigenvalue weighted by Gasteiger charge is 2.46. The van der Waals surface area contributed by atoms with E-state index in [4.69, 9.17) is 0 Å². The highest BCUT2D eigenvalue weighted by molar-refractivity contribution is 7.26. The highest BCUT2D eigenvalue weighted by atomic mass is 32.1. The van der Waals surface area contributed by atoms with Gasteiger partial charge in [0.15, 0.2) is 0 Å². The number of hydrogen-bond acceptors (Lipinski definition) is 2. The molecule has 68 heavy (non-hydrogen) atoms. The molecule has 1 aliphatic rings. The van der Waals surface area contributed by atoms with E-state index in [0.717, 1.165) is 22.7 Å². The third-order valence-electron chi connectivity index (χ3n) is 14.5. The van der Waals surface area contributed by atoms with Gasteiger partial charge >= 0.3 is 0 Å². The summed E-state index contributed by atoms with van der Waals surface area (Å²) in [4.78, 5) is 2.44. The lowest BCUT2D eigenvalue weighted by atomic mass is 9.67. The Hall–Kier alpha value is -8.50. The molecule has 0 fully saturated rings. The van der Waals surface area contributed by atoms with E-state index < -0.39 is 5.41 Å². The summed E-state index contributed by atoms with van der Waals surface area (Å²) in [6.45, 7) is 0. The minimum Gasteiger partial charge on any atom is -0.310 e. The van der Waals surface area contributed by atoms with Crippen LogP contribution in [0.15, 0.2) is 255 Å². The molecule has 0 N–H and O–H groups in total. The maximum absolute atomic E-state index is 2.50. The fourth-order valence-electron chi connectivity index (χ4n) is 11.5. The maximum Gasteiger partial charge on any atom is 0.0714 e. The standard InChI is InChI=1S/C65H42N2S/c1-4-16-43(17-5-1)44-28-32-48(33-29-44)66(51-38-41-53-52-22-10-13-25-58(52)65(59(53)42-51,46-18-6-2-7-19-46)47-20-8-3-9-21-47)49-34-36-50(37-35-49)67-60-26-14-11-23-54(60)56-39-30-45-31-40-57-55-24-12-15-27-61(55)68-64(57)62(45)63(56)67/h1-42H. The van der Waals surface area contributed by atoms with Crippen molar-refractivity contribution < 1.29 is 0 Å². The average molecular weight is 883 g/mol. The van der Waals surface area contributed by atoms with Gasteiger partial charge in [0.2, 0.25) is 0 Å². The molecule has 0 unspecified atom stereocenters. The van der Waals surface area contributed by atoms with Crippen molar-refractivity contribution in [3.05, 3.63) is 277 Å². The molecule has 14 rings (SSSR count). The Morgan fingerprint density at radius 1 is 0.382 bits per heavy atom. The predicted octanol–water partition coefficient (Wildman–Crippen LogP) is 17.8. The first-order chi connectivity index (χ1) is 33.7. The zero-order valence-corrected chi connectivity index (χ0v) is 37.9. The van der Waals surface area contributed by atoms with E-state index in [1.807, 2.05) is 11.3 Å². The lowest BCUT2D eigenvalue weighted by molar-refractivity contribution is 0.768. The highest BCUT2D eigenvalue weighted by Crippen LogP contribution is 2.57. The van der Waals surface area contributed by atoms with Crippen molar-refractivity contribution >= 4 is 81.1 Å². The Morgan fingerprint density at radius 2 is 0.941 bits per heavy atom. The van der Waals surface area contributed by atoms with Gasteiger partial charge in [-0.2, -0.15) is 0 Å². The summed E-state index contributed by atoms with van der Waals surface area (Å²) in [6.07, 6.45) is 0. The predicted molar refractivity (Wildman–Crippen MR) is 289 cm³/mol. The van der Waals surface area contributed by atoms with Crippen LogP contribution in [0.2, 0.25) is 0 Å². The normalized spacial score (nSPS) is 12.8. The Bertz CT molecular complexity index is 4010. The molecule has 0 atom stereocenters. The van der Waals surface area contributed by atoms with Crippen LogP contribution in [0, 0.1) is 0 Å². The monoisotopic (exact) mass is 882 g/mol. The zero-order valence-electron chi connectivity index (χ0n) is 37.1. The van der Waals surface area contributed by atoms with Gasteiger partial charge in [0, 0.05) is 59.1 Å². The first-order valence-corrected chi connectivity index (χ1v) is 24.2. The van der Waals surface area contributed by atoms with Crippen LogP contribution < -0.4 is 4.90 Å². The van der Waals surface area contributed by atoms with Crippen molar-refractivity contribution in [3.63, 3.8) is 0 Å². The fraction of sp³-hybridized carbons (Fsp3) is 0.0154. The number of thiophene rings is 1. The van der Waals surface area contributed by atoms with Crippen LogP contribution in [0.25, 0.3) is 80.7 Å². The van der Waals surface area contributed by atoms with E-state index in [1.54, 1.807) is 0 Å². The molecule has 0 radical (unpaired) electrons. The van der Waals surface area contributed by atoms with E-state index in [0.29, 0.717) is 0 Å². The molecule has 0 amide bonds. The van der Waals surface area contributed by atoms with Gasteiger partial charge in [-0.15, -0.1) is 11.3 Å². The van der Waals surface area contributed by atoms with E-state index >= 15 is 0 Å². The molecule has 1 aliphatic carbocycles. The summed E-state index contributed by atoms with van der Waals surface area (Å²) < 4.78 is 5.15. The minimum absolute atomic E-state index is 0.518. The molecule has 0 bridgehead atoms. The Morgan fingerprint density at radius 3 is 1.68 bits per heavy atom. The molecule has 0 saturated carbocycles. The minimum atomic E-state index is -0.518. The van der Waals surface area contributed by atoms with Crippen molar-refractivity contribution in [1.82, 2.24) is 4.57 Å². The molecule has 2 heterocycles. The number of anilines is 3. The molecule has 318 valence electrons. The van der Waals surface area contributed by atoms with Crippen molar-refractivity contribution in [3.8, 4) is 27.9 Å². The summed E-state index contributed by atoms with van der Waals surface area (Å²) >= 11 is 1.90. The first-order valence-electron chi connectivity index (χ1n) is 23.4. The molecular weight excluding hydrogens is 841 g/mol. The number of hydrogen-bond donors (Lipinski definition) is 0. The quantitative estimate of drug-likeness (QED) is 0.155. The van der Waals surface area contributed by atoms with E-state index in [1.165, 1.54) is 97.3 Å². The number of aromatic nitrogens is 1. The maximum atomic E-state index is 2.50. The van der Waals surface area contributed by atoms with Gasteiger partial charge in [-0.3, -0.25) is 0 Å². The van der Waals surface area contributed by atoms with Crippen LogP contribution in [0.3, 0.4) is 0 Å². The second-order valence-electron chi connectivity index (χ2n) is 18.0. The van der Waals surface area contributed by atoms with Gasteiger partial charge in [0.25, 0.3) is 0 Å². The molecule has 0 spiro atoms. The summed E-state index contributed by atoms with van der Waals surface area (Å²) in [5.41, 5.74) is 16.3. The summed E-state index contributed by atoms with van der Waals surface area (Å²) in [7, 11) is 0. The first kappa shape index (κ1) is 38.7. The largest absolute Gasteiger partial charge is 0.310 e. The Labute approximate surface area is 398 Å². The number of nitrogens with zero attached hydrogens (tertiary/aromatic N) is 2. The molecular formula is C65H42N2S. The van der Waals surface area contributed by atoms with Gasteiger partial charge in [-0.25, -0.2) is 0 Å². The molecule has 3 heteroatoms. The van der Waals surface area contributed by atoms with Crippen molar-refractivity contribution in [2.24, 2.45) is 0 Å². The molecule has 0 saturated heterocycles. The van der Waals surface area contributed by atoms with Crippen molar-refractivity contribution in [1.29, 1.82) is 0 Å². The third-order valence-corrected chi connectivity index (χ3v) is 15.7. The summed E-state index contributed by atoms with van der Waals surface area (Å²) in [5.74, 6) is 0. The van der Waals surface area contributed by atoms with Gasteiger partial charge in [-0.1, -0.05) is 194 Å². The Balaban J connectivity index is 0.985. The second-order valence-corrected chi connectivity index (χ2v) is 19.0. The zero-order chi connectivity index (χ0) is 44.8. The van der Waals surface area contributed by atoms with Crippen LogP contribution in [0.5, 0.6) is 0 Å². The smallest absolute Gasteiger partial charge is 0.0714 e. The summed E-state index contributed by atoms with van der Waals surface area (Å²) in [5, 5.41) is 7.71. The molecule has 11 aromatic carbocycles. The van der Waals surface area contributed by atoms with Crippen LogP contribution >= 0.6 is 11.3 Å². The van der Waals surface area contributed by atoms with Crippen LogP contribution in [-0.2, 0) is 5.41 Å². The van der Waals surface area contributed by atoms with E-state index in [-0.39, 0.29) is 0 Å². The topological polar surface area (TPSA) is 8.17 Å². The lowest BCUT2D eigenvalue weighted by Crippen LogP contribution is -2.28.